The van der Waals surface area contributed by atoms with E-state index in [-0.39, 0.29) is 38.4 Å². The molecule has 0 aromatic heterocycles. The van der Waals surface area contributed by atoms with Gasteiger partial charge in [0.2, 0.25) is 29.6 Å². The monoisotopic (exact) mass is 1010 g/mol. The number of carboxylic acids is 1. The van der Waals surface area contributed by atoms with E-state index < -0.39 is 122 Å². The number of ether oxygens (including phenoxy) is 3. The van der Waals surface area contributed by atoms with Gasteiger partial charge in [-0.05, 0) is 62.0 Å². The lowest BCUT2D eigenvalue weighted by Crippen LogP contribution is -2.61. The highest BCUT2D eigenvalue weighted by atomic mass is 19.3. The Hall–Kier alpha value is -5.69. The number of esters is 1. The molecular weight excluding hydrogens is 935 g/mol. The summed E-state index contributed by atoms with van der Waals surface area (Å²) < 4.78 is 45.2. The van der Waals surface area contributed by atoms with Gasteiger partial charge in [0, 0.05) is 19.9 Å². The van der Waals surface area contributed by atoms with Crippen LogP contribution in [-0.2, 0) is 56.2 Å². The first-order valence-electron chi connectivity index (χ1n) is 25.5. The van der Waals surface area contributed by atoms with Crippen LogP contribution in [0.1, 0.15) is 136 Å². The maximum Gasteiger partial charge on any atom is 0.407 e. The maximum absolute atomic E-state index is 14.2. The fourth-order valence-corrected chi connectivity index (χ4v) is 8.50. The van der Waals surface area contributed by atoms with Gasteiger partial charge in [-0.15, -0.1) is 0 Å². The lowest BCUT2D eigenvalue weighted by atomic mass is 9.82. The van der Waals surface area contributed by atoms with Gasteiger partial charge in [-0.25, -0.2) is 18.4 Å². The lowest BCUT2D eigenvalue weighted by Gasteiger charge is -2.32. The Balaban J connectivity index is 1.83. The molecule has 1 unspecified atom stereocenters. The molecule has 5 amide bonds. The second-order valence-corrected chi connectivity index (χ2v) is 19.4. The van der Waals surface area contributed by atoms with Crippen molar-refractivity contribution in [3.05, 3.63) is 71.8 Å². The summed E-state index contributed by atoms with van der Waals surface area (Å²) >= 11 is 0. The molecule has 0 aliphatic heterocycles. The van der Waals surface area contributed by atoms with E-state index in [9.17, 15) is 47.4 Å². The van der Waals surface area contributed by atoms with E-state index in [1.165, 1.54) is 18.9 Å². The average Bonchev–Trinajstić information content (AvgIpc) is 3.36. The highest BCUT2D eigenvalue weighted by molar-refractivity contribution is 5.94. The highest BCUT2D eigenvalue weighted by Gasteiger charge is 2.40. The van der Waals surface area contributed by atoms with Gasteiger partial charge >= 0.3 is 18.0 Å². The summed E-state index contributed by atoms with van der Waals surface area (Å²) in [6, 6.07) is 12.3. The number of carbonyl (C=O) groups is 7. The summed E-state index contributed by atoms with van der Waals surface area (Å²) in [5.41, 5.74) is 7.70. The number of nitrogens with one attached hydrogen (secondary N) is 4. The van der Waals surface area contributed by atoms with Crippen molar-refractivity contribution in [2.24, 2.45) is 23.5 Å². The van der Waals surface area contributed by atoms with Crippen LogP contribution in [0.2, 0.25) is 0 Å². The zero-order valence-electron chi connectivity index (χ0n) is 43.0. The van der Waals surface area contributed by atoms with E-state index in [1.54, 1.807) is 61.5 Å². The molecule has 1 saturated carbocycles. The molecule has 2 aromatic rings. The topological polar surface area (TPSA) is 245 Å². The summed E-state index contributed by atoms with van der Waals surface area (Å²) in [7, 11) is 1.42. The SMILES string of the molecule is CCCCCCCCCC[C@@H](OC(=O)CNC(=O)[C@@H](NC(=O)[C@H](CNC(=O)OCc1ccccc1)NC(=O)C(N)C1CCC(F)(F)CC1)[C@H](C)OCc1ccccc1)[C@@H](C)C(=O)N(C)[C@@H](CC(C)C)C(=O)O. The molecule has 0 heterocycles. The van der Waals surface area contributed by atoms with Gasteiger partial charge in [-0.3, -0.25) is 24.0 Å². The van der Waals surface area contributed by atoms with E-state index in [1.807, 2.05) is 19.9 Å². The van der Waals surface area contributed by atoms with E-state index in [4.69, 9.17) is 19.9 Å². The first-order valence-corrected chi connectivity index (χ1v) is 25.5. The molecule has 1 aliphatic rings. The third-order valence-corrected chi connectivity index (χ3v) is 13.0. The van der Waals surface area contributed by atoms with Crippen LogP contribution in [0.3, 0.4) is 0 Å². The highest BCUT2D eigenvalue weighted by Crippen LogP contribution is 2.37. The van der Waals surface area contributed by atoms with Crippen molar-refractivity contribution >= 4 is 41.7 Å². The Bertz CT molecular complexity index is 1990. The molecule has 7 N–H and O–H groups in total. The number of carbonyl (C=O) groups excluding carboxylic acids is 6. The molecule has 0 spiro atoms. The Morgan fingerprint density at radius 1 is 0.778 bits per heavy atom. The Kier molecular flexibility index (Phi) is 26.7. The largest absolute Gasteiger partial charge is 0.480 e. The normalized spacial score (nSPS) is 16.4. The summed E-state index contributed by atoms with van der Waals surface area (Å²) in [5, 5.41) is 20.1. The van der Waals surface area contributed by atoms with Crippen LogP contribution in [-0.4, -0.2) is 114 Å². The smallest absolute Gasteiger partial charge is 0.407 e. The van der Waals surface area contributed by atoms with Gasteiger partial charge in [0.1, 0.15) is 37.4 Å². The van der Waals surface area contributed by atoms with Crippen LogP contribution in [0.5, 0.6) is 0 Å². The lowest BCUT2D eigenvalue weighted by molar-refractivity contribution is -0.160. The van der Waals surface area contributed by atoms with E-state index in [0.29, 0.717) is 18.4 Å². The molecule has 0 saturated heterocycles. The van der Waals surface area contributed by atoms with Gasteiger partial charge < -0.3 is 51.2 Å². The average molecular weight is 1020 g/mol. The van der Waals surface area contributed by atoms with Crippen molar-refractivity contribution in [3.8, 4) is 0 Å². The Labute approximate surface area is 423 Å². The predicted molar refractivity (Wildman–Crippen MR) is 267 cm³/mol. The molecule has 1 aliphatic carbocycles. The second-order valence-electron chi connectivity index (χ2n) is 19.4. The molecule has 0 radical (unpaired) electrons. The van der Waals surface area contributed by atoms with Crippen molar-refractivity contribution in [2.45, 2.75) is 180 Å². The zero-order valence-corrected chi connectivity index (χ0v) is 43.0. The minimum absolute atomic E-state index is 0.00858. The summed E-state index contributed by atoms with van der Waals surface area (Å²) in [4.78, 5) is 95.6. The number of halogens is 2. The van der Waals surface area contributed by atoms with E-state index in [2.05, 4.69) is 28.2 Å². The summed E-state index contributed by atoms with van der Waals surface area (Å²) in [6.45, 7) is 7.62. The van der Waals surface area contributed by atoms with Crippen LogP contribution < -0.4 is 27.0 Å². The maximum atomic E-state index is 14.2. The Morgan fingerprint density at radius 2 is 1.35 bits per heavy atom. The quantitative estimate of drug-likeness (QED) is 0.0328. The van der Waals surface area contributed by atoms with Gasteiger partial charge in [-0.2, -0.15) is 0 Å². The molecule has 0 bridgehead atoms. The second kappa shape index (κ2) is 31.7. The number of amides is 5. The third-order valence-electron chi connectivity index (χ3n) is 13.0. The van der Waals surface area contributed by atoms with Crippen LogP contribution >= 0.6 is 0 Å². The molecule has 2 aromatic carbocycles. The minimum Gasteiger partial charge on any atom is -0.480 e. The van der Waals surface area contributed by atoms with Crippen LogP contribution in [0.15, 0.2) is 60.7 Å². The van der Waals surface area contributed by atoms with Crippen molar-refractivity contribution in [1.82, 2.24) is 26.2 Å². The fourth-order valence-electron chi connectivity index (χ4n) is 8.50. The molecule has 1 fully saturated rings. The first kappa shape index (κ1) is 60.6. The summed E-state index contributed by atoms with van der Waals surface area (Å²) in [5.74, 6) is -9.72. The number of nitrogens with zero attached hydrogens (tertiary/aromatic N) is 1. The van der Waals surface area contributed by atoms with Gasteiger partial charge in [0.25, 0.3) is 0 Å². The van der Waals surface area contributed by atoms with Gasteiger partial charge in [0.05, 0.1) is 31.2 Å². The number of likely N-dealkylation sites (N-methyl/N-ethyl adjacent to an activating group) is 1. The number of hydrogen-bond acceptors (Lipinski definition) is 11. The fraction of sp³-hybridized carbons (Fsp3) is 0.642. The first-order chi connectivity index (χ1) is 34.2. The number of rotatable bonds is 32. The number of unbranched alkanes of at least 4 members (excludes halogenated alkanes) is 7. The molecule has 17 nitrogen and oxygen atoms in total. The van der Waals surface area contributed by atoms with Crippen molar-refractivity contribution in [1.29, 1.82) is 0 Å². The van der Waals surface area contributed by atoms with Gasteiger partial charge in [-0.1, -0.05) is 133 Å². The molecule has 3 rings (SSSR count). The third kappa shape index (κ3) is 22.0. The minimum atomic E-state index is -2.88. The van der Waals surface area contributed by atoms with Crippen molar-refractivity contribution in [3.63, 3.8) is 0 Å². The number of carboxylic acid groups (broad SMARTS) is 1. The predicted octanol–water partition coefficient (Wildman–Crippen LogP) is 6.79. The number of benzene rings is 2. The van der Waals surface area contributed by atoms with Crippen LogP contribution in [0, 0.1) is 17.8 Å². The number of alkyl carbamates (subject to hydrolysis) is 1. The van der Waals surface area contributed by atoms with Gasteiger partial charge in [0.15, 0.2) is 0 Å². The van der Waals surface area contributed by atoms with Crippen molar-refractivity contribution < 1.29 is 61.7 Å². The number of alkyl halides is 2. The molecular formula is C53H80F2N6O11. The Morgan fingerprint density at radius 3 is 1.92 bits per heavy atom. The number of nitrogens with two attached hydrogens (primary N) is 1. The standard InChI is InChI=1S/C53H80F2N6O11/c1-7-8-9-10-11-12-13-20-25-43(36(4)50(66)61(6)42(51(67)68)30-35(2)3)72-44(62)32-57-49(65)46(37(5)70-33-38-21-16-14-17-22-38)60-47(63)41(31-58-52(69)71-34-39-23-18-15-19-24-39)59-48(64)45(56)40-26-28-53(54,55)29-27-40/h14-19,21-24,35-37,40-43,45-46H,7-13,20,25-34,56H2,1-6H3,(H,57,65)(H,58,69)(H,59,64)(H,60,63)(H,67,68)/t36-,37+,41+,42+,43-,45?,46+/m1/s1. The molecule has 7 atom stereocenters. The number of hydrogen-bond donors (Lipinski definition) is 6. The molecule has 72 heavy (non-hydrogen) atoms. The zero-order chi connectivity index (χ0) is 53.2. The van der Waals surface area contributed by atoms with E-state index in [0.717, 1.165) is 50.5 Å². The summed E-state index contributed by atoms with van der Waals surface area (Å²) in [6.07, 6.45) is 4.55. The molecule has 19 heteroatoms. The van der Waals surface area contributed by atoms with E-state index >= 15 is 0 Å². The number of aliphatic carboxylic acids is 1. The van der Waals surface area contributed by atoms with Crippen molar-refractivity contribution in [2.75, 3.05) is 20.1 Å². The molecule has 402 valence electrons. The van der Waals surface area contributed by atoms with Crippen LogP contribution in [0.25, 0.3) is 0 Å². The van der Waals surface area contributed by atoms with Crippen LogP contribution in [0.4, 0.5) is 13.6 Å².